The van der Waals surface area contributed by atoms with Crippen LogP contribution in [0.5, 0.6) is 11.5 Å². The number of anilines is 1. The molecule has 0 aliphatic carbocycles. The van der Waals surface area contributed by atoms with Crippen LogP contribution in [0, 0.1) is 0 Å². The Morgan fingerprint density at radius 2 is 1.71 bits per heavy atom. The Balaban J connectivity index is 0.00000280. The molecule has 0 aromatic heterocycles. The largest absolute Gasteiger partial charge is 0.454 e. The minimum absolute atomic E-state index is 0. The first kappa shape index (κ1) is 22.1. The lowest BCUT2D eigenvalue weighted by molar-refractivity contribution is 0.174. The highest BCUT2D eigenvalue weighted by molar-refractivity contribution is 14.0. The third-order valence-electron chi connectivity index (χ3n) is 3.81. The van der Waals surface area contributed by atoms with E-state index in [-0.39, 0.29) is 30.8 Å². The van der Waals surface area contributed by atoms with Crippen LogP contribution < -0.4 is 24.8 Å². The van der Waals surface area contributed by atoms with Gasteiger partial charge in [0.05, 0.1) is 6.26 Å². The van der Waals surface area contributed by atoms with Crippen molar-refractivity contribution in [3.05, 3.63) is 53.6 Å². The van der Waals surface area contributed by atoms with Crippen LogP contribution in [0.15, 0.2) is 47.5 Å². The van der Waals surface area contributed by atoms with Gasteiger partial charge in [-0.15, -0.1) is 24.0 Å². The number of benzene rings is 2. The molecule has 0 bridgehead atoms. The topological polar surface area (TPSA) is 101 Å². The maximum Gasteiger partial charge on any atom is 0.231 e. The van der Waals surface area contributed by atoms with Gasteiger partial charge in [0.25, 0.3) is 0 Å². The Bertz CT molecular complexity index is 950. The predicted octanol–water partition coefficient (Wildman–Crippen LogP) is 2.27. The van der Waals surface area contributed by atoms with Gasteiger partial charge in [-0.2, -0.15) is 0 Å². The molecular weight excluding hydrogens is 495 g/mol. The summed E-state index contributed by atoms with van der Waals surface area (Å²) in [5, 5.41) is 6.44. The SMILES string of the molecule is CN=C(NCc1cccc(NS(C)(=O)=O)c1)NCc1ccc2c(c1)OCO2.I. The second kappa shape index (κ2) is 9.82. The van der Waals surface area contributed by atoms with Gasteiger partial charge >= 0.3 is 0 Å². The molecule has 0 atom stereocenters. The quantitative estimate of drug-likeness (QED) is 0.308. The van der Waals surface area contributed by atoms with Crippen LogP contribution in [-0.2, 0) is 23.1 Å². The average Bonchev–Trinajstić information content (AvgIpc) is 3.08. The van der Waals surface area contributed by atoms with E-state index in [9.17, 15) is 8.42 Å². The number of nitrogens with one attached hydrogen (secondary N) is 3. The third kappa shape index (κ3) is 6.44. The number of hydrogen-bond acceptors (Lipinski definition) is 5. The van der Waals surface area contributed by atoms with Gasteiger partial charge in [-0.3, -0.25) is 9.71 Å². The smallest absolute Gasteiger partial charge is 0.231 e. The van der Waals surface area contributed by atoms with Gasteiger partial charge in [0.1, 0.15) is 0 Å². The van der Waals surface area contributed by atoms with Crippen molar-refractivity contribution in [3.8, 4) is 11.5 Å². The molecule has 1 aliphatic rings. The number of halogens is 1. The van der Waals surface area contributed by atoms with Crippen molar-refractivity contribution in [1.82, 2.24) is 10.6 Å². The van der Waals surface area contributed by atoms with Crippen molar-refractivity contribution in [1.29, 1.82) is 0 Å². The highest BCUT2D eigenvalue weighted by Crippen LogP contribution is 2.32. The van der Waals surface area contributed by atoms with Crippen LogP contribution in [0.3, 0.4) is 0 Å². The van der Waals surface area contributed by atoms with Crippen LogP contribution in [0.1, 0.15) is 11.1 Å². The number of hydrogen-bond donors (Lipinski definition) is 3. The van der Waals surface area contributed by atoms with Crippen molar-refractivity contribution in [2.24, 2.45) is 4.99 Å². The fourth-order valence-electron chi connectivity index (χ4n) is 2.60. The second-order valence-corrected chi connectivity index (χ2v) is 7.79. The molecule has 0 saturated heterocycles. The van der Waals surface area contributed by atoms with E-state index in [1.165, 1.54) is 0 Å². The number of nitrogens with zero attached hydrogens (tertiary/aromatic N) is 1. The van der Waals surface area contributed by atoms with Crippen molar-refractivity contribution >= 4 is 45.6 Å². The molecule has 2 aromatic rings. The van der Waals surface area contributed by atoms with Crippen molar-refractivity contribution in [3.63, 3.8) is 0 Å². The summed E-state index contributed by atoms with van der Waals surface area (Å²) in [6.45, 7) is 1.33. The summed E-state index contributed by atoms with van der Waals surface area (Å²) in [6, 6.07) is 13.0. The number of ether oxygens (including phenoxy) is 2. The van der Waals surface area contributed by atoms with Crippen LogP contribution in [0.4, 0.5) is 5.69 Å². The molecule has 3 rings (SSSR count). The van der Waals surface area contributed by atoms with Crippen molar-refractivity contribution < 1.29 is 17.9 Å². The average molecular weight is 518 g/mol. The van der Waals surface area contributed by atoms with Gasteiger partial charge in [0.15, 0.2) is 17.5 Å². The first-order valence-corrected chi connectivity index (χ1v) is 10.2. The van der Waals surface area contributed by atoms with E-state index in [1.807, 2.05) is 24.3 Å². The Morgan fingerprint density at radius 1 is 1.04 bits per heavy atom. The highest BCUT2D eigenvalue weighted by atomic mass is 127. The lowest BCUT2D eigenvalue weighted by Gasteiger charge is -2.13. The summed E-state index contributed by atoms with van der Waals surface area (Å²) in [5.41, 5.74) is 2.50. The highest BCUT2D eigenvalue weighted by Gasteiger charge is 2.13. The lowest BCUT2D eigenvalue weighted by atomic mass is 10.2. The lowest BCUT2D eigenvalue weighted by Crippen LogP contribution is -2.36. The molecule has 0 spiro atoms. The van der Waals surface area contributed by atoms with E-state index in [0.717, 1.165) is 28.9 Å². The number of rotatable bonds is 6. The van der Waals surface area contributed by atoms with Gasteiger partial charge in [-0.05, 0) is 35.4 Å². The van der Waals surface area contributed by atoms with E-state index in [1.54, 1.807) is 25.2 Å². The Hall–Kier alpha value is -2.21. The van der Waals surface area contributed by atoms with Gasteiger partial charge in [0, 0.05) is 25.8 Å². The molecule has 0 fully saturated rings. The molecule has 1 aliphatic heterocycles. The zero-order chi connectivity index (χ0) is 19.3. The molecule has 0 radical (unpaired) electrons. The molecule has 28 heavy (non-hydrogen) atoms. The summed E-state index contributed by atoms with van der Waals surface area (Å²) in [7, 11) is -1.61. The number of guanidine groups is 1. The maximum absolute atomic E-state index is 11.3. The predicted molar refractivity (Wildman–Crippen MR) is 120 cm³/mol. The minimum Gasteiger partial charge on any atom is -0.454 e. The third-order valence-corrected chi connectivity index (χ3v) is 4.42. The van der Waals surface area contributed by atoms with E-state index < -0.39 is 10.0 Å². The first-order valence-electron chi connectivity index (χ1n) is 8.33. The summed E-state index contributed by atoms with van der Waals surface area (Å²) in [6.07, 6.45) is 1.12. The minimum atomic E-state index is -3.30. The Labute approximate surface area is 181 Å². The monoisotopic (exact) mass is 518 g/mol. The van der Waals surface area contributed by atoms with Crippen LogP contribution in [-0.4, -0.2) is 34.5 Å². The fourth-order valence-corrected chi connectivity index (χ4v) is 3.16. The van der Waals surface area contributed by atoms with Crippen LogP contribution in [0.25, 0.3) is 0 Å². The Kier molecular flexibility index (Phi) is 7.75. The summed E-state index contributed by atoms with van der Waals surface area (Å²) < 4.78 is 35.8. The number of fused-ring (bicyclic) bond motifs is 1. The van der Waals surface area contributed by atoms with Crippen molar-refractivity contribution in [2.75, 3.05) is 24.8 Å². The molecule has 1 heterocycles. The zero-order valence-corrected chi connectivity index (χ0v) is 18.7. The van der Waals surface area contributed by atoms with Gasteiger partial charge in [-0.1, -0.05) is 18.2 Å². The van der Waals surface area contributed by atoms with E-state index in [4.69, 9.17) is 9.47 Å². The summed E-state index contributed by atoms with van der Waals surface area (Å²) in [4.78, 5) is 4.20. The zero-order valence-electron chi connectivity index (χ0n) is 15.6. The van der Waals surface area contributed by atoms with E-state index in [0.29, 0.717) is 24.7 Å². The molecule has 10 heteroatoms. The second-order valence-electron chi connectivity index (χ2n) is 6.04. The molecule has 0 amide bonds. The number of sulfonamides is 1. The standard InChI is InChI=1S/C18H22N4O4S.HI/c1-19-18(21-11-14-6-7-16-17(9-14)26-12-25-16)20-10-13-4-3-5-15(8-13)22-27(2,23)24;/h3-9,22H,10-12H2,1-2H3,(H2,19,20,21);1H. The summed E-state index contributed by atoms with van der Waals surface area (Å²) >= 11 is 0. The number of aliphatic imine (C=N–C) groups is 1. The van der Waals surface area contributed by atoms with Gasteiger partial charge in [-0.25, -0.2) is 8.42 Å². The molecular formula is C18H23IN4O4S. The van der Waals surface area contributed by atoms with E-state index >= 15 is 0 Å². The Morgan fingerprint density at radius 3 is 2.39 bits per heavy atom. The fraction of sp³-hybridized carbons (Fsp3) is 0.278. The normalized spacial score (nSPS) is 12.9. The first-order chi connectivity index (χ1) is 12.9. The van der Waals surface area contributed by atoms with Crippen LogP contribution in [0.2, 0.25) is 0 Å². The van der Waals surface area contributed by atoms with E-state index in [2.05, 4.69) is 20.3 Å². The molecule has 2 aromatic carbocycles. The molecule has 3 N–H and O–H groups in total. The molecule has 152 valence electrons. The molecule has 8 nitrogen and oxygen atoms in total. The molecule has 0 saturated carbocycles. The van der Waals surface area contributed by atoms with Crippen molar-refractivity contribution in [2.45, 2.75) is 13.1 Å². The van der Waals surface area contributed by atoms with Gasteiger partial charge < -0.3 is 20.1 Å². The maximum atomic E-state index is 11.3. The molecule has 0 unspecified atom stereocenters. The van der Waals surface area contributed by atoms with Crippen LogP contribution >= 0.6 is 24.0 Å². The summed E-state index contributed by atoms with van der Waals surface area (Å²) in [5.74, 6) is 2.13. The van der Waals surface area contributed by atoms with Gasteiger partial charge in [0.2, 0.25) is 16.8 Å².